The van der Waals surface area contributed by atoms with Crippen molar-refractivity contribution in [2.45, 2.75) is 0 Å². The van der Waals surface area contributed by atoms with Gasteiger partial charge in [-0.3, -0.25) is 4.79 Å². The first-order valence-corrected chi connectivity index (χ1v) is 7.54. The van der Waals surface area contributed by atoms with Gasteiger partial charge in [0.2, 0.25) is 0 Å². The van der Waals surface area contributed by atoms with Crippen molar-refractivity contribution < 1.29 is 9.53 Å². The van der Waals surface area contributed by atoms with Crippen molar-refractivity contribution in [1.82, 2.24) is 0 Å². The Kier molecular flexibility index (Phi) is 4.66. The molecule has 3 nitrogen and oxygen atoms in total. The van der Waals surface area contributed by atoms with Crippen molar-refractivity contribution in [3.63, 3.8) is 0 Å². The van der Waals surface area contributed by atoms with Crippen LogP contribution in [0.2, 0.25) is 0 Å². The Morgan fingerprint density at radius 3 is 2.41 bits per heavy atom. The van der Waals surface area contributed by atoms with Gasteiger partial charge < -0.3 is 9.64 Å². The van der Waals surface area contributed by atoms with Crippen molar-refractivity contribution in [1.29, 1.82) is 0 Å². The molecule has 1 aliphatic rings. The smallest absolute Gasteiger partial charge is 0.185 e. The molecule has 0 aromatic heterocycles. The lowest BCUT2D eigenvalue weighted by molar-refractivity contribution is 0.104. The topological polar surface area (TPSA) is 29.5 Å². The van der Waals surface area contributed by atoms with Gasteiger partial charge in [-0.2, -0.15) is 0 Å². The van der Waals surface area contributed by atoms with E-state index in [1.165, 1.54) is 0 Å². The lowest BCUT2D eigenvalue weighted by atomic mass is 10.1. The highest BCUT2D eigenvalue weighted by atomic mass is 16.5. The summed E-state index contributed by atoms with van der Waals surface area (Å²) < 4.78 is 5.40. The van der Waals surface area contributed by atoms with E-state index >= 15 is 0 Å². The molecule has 0 aliphatic carbocycles. The summed E-state index contributed by atoms with van der Waals surface area (Å²) in [7, 11) is 0. The van der Waals surface area contributed by atoms with Gasteiger partial charge in [0.05, 0.1) is 13.2 Å². The molecule has 3 heteroatoms. The summed E-state index contributed by atoms with van der Waals surface area (Å²) in [6.45, 7) is 3.27. The van der Waals surface area contributed by atoms with E-state index in [4.69, 9.17) is 4.74 Å². The van der Waals surface area contributed by atoms with Gasteiger partial charge in [0.15, 0.2) is 5.78 Å². The molecular weight excluding hydrogens is 274 g/mol. The zero-order valence-electron chi connectivity index (χ0n) is 12.4. The Balaban J connectivity index is 1.80. The van der Waals surface area contributed by atoms with Crippen LogP contribution < -0.4 is 4.90 Å². The predicted molar refractivity (Wildman–Crippen MR) is 89.3 cm³/mol. The number of ether oxygens (including phenoxy) is 1. The van der Waals surface area contributed by atoms with Crippen LogP contribution >= 0.6 is 0 Å². The number of ketones is 1. The highest BCUT2D eigenvalue weighted by Gasteiger charge is 2.13. The van der Waals surface area contributed by atoms with Crippen molar-refractivity contribution in [2.24, 2.45) is 0 Å². The summed E-state index contributed by atoms with van der Waals surface area (Å²) in [4.78, 5) is 14.5. The first-order valence-electron chi connectivity index (χ1n) is 7.54. The zero-order valence-corrected chi connectivity index (χ0v) is 12.4. The number of rotatable bonds is 4. The molecule has 1 saturated heterocycles. The summed E-state index contributed by atoms with van der Waals surface area (Å²) >= 11 is 0. The Morgan fingerprint density at radius 1 is 0.955 bits per heavy atom. The van der Waals surface area contributed by atoms with Crippen LogP contribution in [0.3, 0.4) is 0 Å². The molecule has 0 unspecified atom stereocenters. The van der Waals surface area contributed by atoms with Crippen molar-refractivity contribution in [3.05, 3.63) is 71.8 Å². The third-order valence-electron chi connectivity index (χ3n) is 3.76. The van der Waals surface area contributed by atoms with Crippen LogP contribution in [0, 0.1) is 0 Å². The molecule has 0 amide bonds. The molecule has 0 saturated carbocycles. The average Bonchev–Trinajstić information content (AvgIpc) is 2.61. The van der Waals surface area contributed by atoms with Crippen LogP contribution in [0.25, 0.3) is 6.08 Å². The Morgan fingerprint density at radius 2 is 1.64 bits per heavy atom. The normalized spacial score (nSPS) is 15.2. The molecule has 1 aliphatic heterocycles. The number of carbonyl (C=O) groups is 1. The van der Waals surface area contributed by atoms with Crippen LogP contribution in [0.1, 0.15) is 15.9 Å². The largest absolute Gasteiger partial charge is 0.378 e. The predicted octanol–water partition coefficient (Wildman–Crippen LogP) is 3.42. The third-order valence-corrected chi connectivity index (χ3v) is 3.76. The molecular formula is C19H19NO2. The summed E-state index contributed by atoms with van der Waals surface area (Å²) in [6.07, 6.45) is 3.55. The maximum Gasteiger partial charge on any atom is 0.185 e. The second-order valence-electron chi connectivity index (χ2n) is 5.22. The number of anilines is 1. The van der Waals surface area contributed by atoms with E-state index in [1.807, 2.05) is 54.6 Å². The van der Waals surface area contributed by atoms with Gasteiger partial charge in [-0.15, -0.1) is 0 Å². The fourth-order valence-electron chi connectivity index (χ4n) is 2.58. The summed E-state index contributed by atoms with van der Waals surface area (Å²) in [5, 5.41) is 0. The minimum atomic E-state index is 0.0254. The Bertz CT molecular complexity index is 658. The van der Waals surface area contributed by atoms with E-state index in [1.54, 1.807) is 6.08 Å². The second-order valence-corrected chi connectivity index (χ2v) is 5.22. The van der Waals surface area contributed by atoms with E-state index in [0.29, 0.717) is 5.56 Å². The van der Waals surface area contributed by atoms with E-state index < -0.39 is 0 Å². The molecule has 0 N–H and O–H groups in total. The molecule has 1 heterocycles. The number of morpholine rings is 1. The van der Waals surface area contributed by atoms with Gasteiger partial charge in [0.1, 0.15) is 0 Å². The number of carbonyl (C=O) groups excluding carboxylic acids is 1. The molecule has 0 atom stereocenters. The van der Waals surface area contributed by atoms with Crippen LogP contribution in [0.15, 0.2) is 60.7 Å². The molecule has 1 fully saturated rings. The SMILES string of the molecule is O=C(C=Cc1ccccc1N1CCOCC1)c1ccccc1. The monoisotopic (exact) mass is 293 g/mol. The van der Waals surface area contributed by atoms with Gasteiger partial charge in [-0.1, -0.05) is 48.5 Å². The number of hydrogen-bond acceptors (Lipinski definition) is 3. The maximum atomic E-state index is 12.2. The summed E-state index contributed by atoms with van der Waals surface area (Å²) in [5.41, 5.74) is 2.93. The number of para-hydroxylation sites is 1. The first kappa shape index (κ1) is 14.5. The zero-order chi connectivity index (χ0) is 15.2. The second kappa shape index (κ2) is 7.05. The fourth-order valence-corrected chi connectivity index (χ4v) is 2.58. The average molecular weight is 293 g/mol. The molecule has 0 spiro atoms. The molecule has 0 bridgehead atoms. The molecule has 22 heavy (non-hydrogen) atoms. The number of benzene rings is 2. The first-order chi connectivity index (χ1) is 10.8. The quantitative estimate of drug-likeness (QED) is 0.639. The molecule has 2 aromatic rings. The highest BCUT2D eigenvalue weighted by molar-refractivity contribution is 6.07. The van der Waals surface area contributed by atoms with E-state index in [0.717, 1.165) is 37.6 Å². The van der Waals surface area contributed by atoms with Crippen molar-refractivity contribution >= 4 is 17.5 Å². The van der Waals surface area contributed by atoms with Crippen LogP contribution in [0.4, 0.5) is 5.69 Å². The van der Waals surface area contributed by atoms with Crippen LogP contribution in [0.5, 0.6) is 0 Å². The Labute approximate surface area is 130 Å². The highest BCUT2D eigenvalue weighted by Crippen LogP contribution is 2.22. The third kappa shape index (κ3) is 3.43. The lowest BCUT2D eigenvalue weighted by Gasteiger charge is -2.30. The van der Waals surface area contributed by atoms with Crippen LogP contribution in [-0.2, 0) is 4.74 Å². The number of nitrogens with zero attached hydrogens (tertiary/aromatic N) is 1. The van der Waals surface area contributed by atoms with Crippen LogP contribution in [-0.4, -0.2) is 32.1 Å². The maximum absolute atomic E-state index is 12.2. The van der Waals surface area contributed by atoms with Gasteiger partial charge in [0.25, 0.3) is 0 Å². The molecule has 0 radical (unpaired) electrons. The summed E-state index contributed by atoms with van der Waals surface area (Å²) in [5.74, 6) is 0.0254. The molecule has 2 aromatic carbocycles. The van der Waals surface area contributed by atoms with Gasteiger partial charge in [-0.05, 0) is 23.8 Å². The molecule has 3 rings (SSSR count). The van der Waals surface area contributed by atoms with E-state index in [2.05, 4.69) is 11.0 Å². The molecule has 112 valence electrons. The van der Waals surface area contributed by atoms with Gasteiger partial charge in [-0.25, -0.2) is 0 Å². The number of hydrogen-bond donors (Lipinski definition) is 0. The van der Waals surface area contributed by atoms with Crippen molar-refractivity contribution in [2.75, 3.05) is 31.2 Å². The fraction of sp³-hybridized carbons (Fsp3) is 0.211. The van der Waals surface area contributed by atoms with Crippen molar-refractivity contribution in [3.8, 4) is 0 Å². The van der Waals surface area contributed by atoms with E-state index in [-0.39, 0.29) is 5.78 Å². The summed E-state index contributed by atoms with van der Waals surface area (Å²) in [6, 6.07) is 17.5. The lowest BCUT2D eigenvalue weighted by Crippen LogP contribution is -2.36. The van der Waals surface area contributed by atoms with Gasteiger partial charge >= 0.3 is 0 Å². The minimum Gasteiger partial charge on any atom is -0.378 e. The van der Waals surface area contributed by atoms with Gasteiger partial charge in [0, 0.05) is 24.3 Å². The Hall–Kier alpha value is -2.39. The number of allylic oxidation sites excluding steroid dienone is 1. The standard InChI is InChI=1S/C19H19NO2/c21-19(17-7-2-1-3-8-17)11-10-16-6-4-5-9-18(16)20-12-14-22-15-13-20/h1-11H,12-15H2. The van der Waals surface area contributed by atoms with E-state index in [9.17, 15) is 4.79 Å². The minimum absolute atomic E-state index is 0.0254.